The van der Waals surface area contributed by atoms with Gasteiger partial charge in [0.1, 0.15) is 0 Å². The van der Waals surface area contributed by atoms with Crippen molar-refractivity contribution in [2.75, 3.05) is 31.9 Å². The number of urea groups is 1. The molecule has 0 aromatic carbocycles. The van der Waals surface area contributed by atoms with Gasteiger partial charge in [0, 0.05) is 37.2 Å². The van der Waals surface area contributed by atoms with Crippen molar-refractivity contribution in [1.82, 2.24) is 9.80 Å². The molecule has 0 aliphatic carbocycles. The van der Waals surface area contributed by atoms with E-state index in [9.17, 15) is 14.7 Å². The van der Waals surface area contributed by atoms with Gasteiger partial charge in [-0.2, -0.15) is 11.8 Å². The van der Waals surface area contributed by atoms with E-state index < -0.39 is 11.4 Å². The molecule has 2 fully saturated rings. The highest BCUT2D eigenvalue weighted by molar-refractivity contribution is 8.00. The first kappa shape index (κ1) is 16.5. The van der Waals surface area contributed by atoms with Gasteiger partial charge in [0.15, 0.2) is 0 Å². The molecule has 1 N–H and O–H groups in total. The third kappa shape index (κ3) is 3.47. The molecular weight excluding hydrogens is 288 g/mol. The molecule has 0 spiro atoms. The van der Waals surface area contributed by atoms with Crippen molar-refractivity contribution >= 4 is 23.8 Å². The van der Waals surface area contributed by atoms with Crippen molar-refractivity contribution in [2.45, 2.75) is 44.8 Å². The minimum Gasteiger partial charge on any atom is -0.481 e. The number of carboxylic acids is 1. The fourth-order valence-corrected chi connectivity index (χ4v) is 4.36. The quantitative estimate of drug-likeness (QED) is 0.869. The topological polar surface area (TPSA) is 60.9 Å². The molecule has 1 unspecified atom stereocenters. The van der Waals surface area contributed by atoms with E-state index in [0.717, 1.165) is 25.3 Å². The normalized spacial score (nSPS) is 25.7. The lowest BCUT2D eigenvalue weighted by molar-refractivity contribution is -0.152. The van der Waals surface area contributed by atoms with Gasteiger partial charge < -0.3 is 14.9 Å². The Hall–Kier alpha value is -0.910. The van der Waals surface area contributed by atoms with Crippen molar-refractivity contribution in [3.05, 3.63) is 0 Å². The minimum atomic E-state index is -0.711. The molecule has 5 nitrogen and oxygen atoms in total. The number of likely N-dealkylation sites (tertiary alicyclic amines) is 1. The molecule has 120 valence electrons. The van der Waals surface area contributed by atoms with Crippen LogP contribution >= 0.6 is 11.8 Å². The Morgan fingerprint density at radius 2 is 1.86 bits per heavy atom. The maximum Gasteiger partial charge on any atom is 0.320 e. The van der Waals surface area contributed by atoms with Crippen LogP contribution in [0.4, 0.5) is 4.79 Å². The van der Waals surface area contributed by atoms with Crippen LogP contribution in [0.2, 0.25) is 0 Å². The predicted octanol–water partition coefficient (Wildman–Crippen LogP) is 2.51. The Morgan fingerprint density at radius 1 is 1.19 bits per heavy atom. The molecule has 0 saturated carbocycles. The standard InChI is InChI=1S/C15H26N2O3S/c1-3-12-11-17(9-10-21-12)14(20)16-7-5-15(4-2,6-8-16)13(18)19/h12H,3-11H2,1-2H3,(H,18,19). The van der Waals surface area contributed by atoms with Crippen LogP contribution in [0.3, 0.4) is 0 Å². The molecule has 0 aromatic rings. The van der Waals surface area contributed by atoms with E-state index in [1.54, 1.807) is 0 Å². The van der Waals surface area contributed by atoms with Crippen molar-refractivity contribution in [1.29, 1.82) is 0 Å². The number of carbonyl (C=O) groups is 2. The number of carbonyl (C=O) groups excluding carboxylic acids is 1. The van der Waals surface area contributed by atoms with E-state index in [2.05, 4.69) is 6.92 Å². The van der Waals surface area contributed by atoms with E-state index >= 15 is 0 Å². The first-order chi connectivity index (χ1) is 10.0. The Morgan fingerprint density at radius 3 is 2.38 bits per heavy atom. The second kappa shape index (κ2) is 6.90. The first-order valence-electron chi connectivity index (χ1n) is 7.91. The number of carboxylic acid groups (broad SMARTS) is 1. The first-order valence-corrected chi connectivity index (χ1v) is 8.96. The van der Waals surface area contributed by atoms with Gasteiger partial charge in [0.25, 0.3) is 0 Å². The maximum atomic E-state index is 12.6. The minimum absolute atomic E-state index is 0.101. The fraction of sp³-hybridized carbons (Fsp3) is 0.867. The molecule has 6 heteroatoms. The van der Waals surface area contributed by atoms with E-state index in [-0.39, 0.29) is 6.03 Å². The molecule has 0 radical (unpaired) electrons. The molecular formula is C15H26N2O3S. The van der Waals surface area contributed by atoms with Crippen LogP contribution in [0.15, 0.2) is 0 Å². The van der Waals surface area contributed by atoms with Crippen LogP contribution < -0.4 is 0 Å². The average Bonchev–Trinajstić information content (AvgIpc) is 2.54. The van der Waals surface area contributed by atoms with Gasteiger partial charge in [-0.3, -0.25) is 4.79 Å². The molecule has 2 amide bonds. The summed E-state index contributed by atoms with van der Waals surface area (Å²) in [5, 5.41) is 9.96. The molecule has 21 heavy (non-hydrogen) atoms. The number of thioether (sulfide) groups is 1. The Balaban J connectivity index is 1.92. The number of hydrogen-bond acceptors (Lipinski definition) is 3. The van der Waals surface area contributed by atoms with E-state index in [1.165, 1.54) is 0 Å². The van der Waals surface area contributed by atoms with Gasteiger partial charge >= 0.3 is 12.0 Å². The van der Waals surface area contributed by atoms with Gasteiger partial charge in [0.2, 0.25) is 0 Å². The summed E-state index contributed by atoms with van der Waals surface area (Å²) in [5.74, 6) is 0.295. The summed E-state index contributed by atoms with van der Waals surface area (Å²) in [5.41, 5.74) is -0.625. The average molecular weight is 314 g/mol. The van der Waals surface area contributed by atoms with Crippen molar-refractivity contribution < 1.29 is 14.7 Å². The van der Waals surface area contributed by atoms with Gasteiger partial charge in [-0.1, -0.05) is 13.8 Å². The Labute approximate surface area is 131 Å². The third-order valence-corrected chi connectivity index (χ3v) is 6.36. The SMILES string of the molecule is CCC1CN(C(=O)N2CCC(CC)(C(=O)O)CC2)CCS1. The number of nitrogens with zero attached hydrogens (tertiary/aromatic N) is 2. The lowest BCUT2D eigenvalue weighted by atomic mass is 9.76. The second-order valence-electron chi connectivity index (χ2n) is 6.06. The summed E-state index contributed by atoms with van der Waals surface area (Å²) >= 11 is 1.95. The Kier molecular flexibility index (Phi) is 5.41. The van der Waals surface area contributed by atoms with E-state index in [0.29, 0.717) is 37.6 Å². The molecule has 0 aromatic heterocycles. The lowest BCUT2D eigenvalue weighted by Gasteiger charge is -2.41. The summed E-state index contributed by atoms with van der Waals surface area (Å²) in [6.07, 6.45) is 2.88. The molecule has 2 rings (SSSR count). The number of amides is 2. The van der Waals surface area contributed by atoms with E-state index in [4.69, 9.17) is 0 Å². The van der Waals surface area contributed by atoms with Gasteiger partial charge in [-0.25, -0.2) is 4.79 Å². The summed E-state index contributed by atoms with van der Waals surface area (Å²) in [6, 6.07) is 0.101. The van der Waals surface area contributed by atoms with Crippen LogP contribution in [0.25, 0.3) is 0 Å². The van der Waals surface area contributed by atoms with Crippen LogP contribution in [-0.2, 0) is 4.79 Å². The molecule has 2 saturated heterocycles. The summed E-state index contributed by atoms with van der Waals surface area (Å²) in [6.45, 7) is 6.87. The van der Waals surface area contributed by atoms with Crippen LogP contribution in [0, 0.1) is 5.41 Å². The maximum absolute atomic E-state index is 12.6. The zero-order valence-corrected chi connectivity index (χ0v) is 13.8. The summed E-state index contributed by atoms with van der Waals surface area (Å²) in [4.78, 5) is 27.8. The van der Waals surface area contributed by atoms with E-state index in [1.807, 2.05) is 28.5 Å². The summed E-state index contributed by atoms with van der Waals surface area (Å²) < 4.78 is 0. The second-order valence-corrected chi connectivity index (χ2v) is 7.46. The van der Waals surface area contributed by atoms with Gasteiger partial charge in [-0.15, -0.1) is 0 Å². The van der Waals surface area contributed by atoms with Crippen molar-refractivity contribution in [3.63, 3.8) is 0 Å². The largest absolute Gasteiger partial charge is 0.481 e. The van der Waals surface area contributed by atoms with Crippen molar-refractivity contribution in [3.8, 4) is 0 Å². The number of aliphatic carboxylic acids is 1. The highest BCUT2D eigenvalue weighted by Crippen LogP contribution is 2.35. The fourth-order valence-electron chi connectivity index (χ4n) is 3.18. The zero-order chi connectivity index (χ0) is 15.5. The molecule has 2 aliphatic rings. The lowest BCUT2D eigenvalue weighted by Crippen LogP contribution is -2.53. The predicted molar refractivity (Wildman–Crippen MR) is 84.7 cm³/mol. The van der Waals surface area contributed by atoms with Gasteiger partial charge in [0.05, 0.1) is 5.41 Å². The molecule has 1 atom stereocenters. The highest BCUT2D eigenvalue weighted by Gasteiger charge is 2.41. The van der Waals surface area contributed by atoms with Crippen LogP contribution in [-0.4, -0.2) is 64.1 Å². The van der Waals surface area contributed by atoms with Crippen LogP contribution in [0.5, 0.6) is 0 Å². The molecule has 0 bridgehead atoms. The number of piperidine rings is 1. The van der Waals surface area contributed by atoms with Crippen molar-refractivity contribution in [2.24, 2.45) is 5.41 Å². The zero-order valence-electron chi connectivity index (χ0n) is 13.0. The molecule has 2 heterocycles. The smallest absolute Gasteiger partial charge is 0.320 e. The monoisotopic (exact) mass is 314 g/mol. The number of rotatable bonds is 3. The van der Waals surface area contributed by atoms with Gasteiger partial charge in [-0.05, 0) is 25.7 Å². The Bertz CT molecular complexity index is 394. The third-order valence-electron chi connectivity index (χ3n) is 4.99. The number of hydrogen-bond donors (Lipinski definition) is 1. The van der Waals surface area contributed by atoms with Crippen LogP contribution in [0.1, 0.15) is 39.5 Å². The highest BCUT2D eigenvalue weighted by atomic mass is 32.2. The summed E-state index contributed by atoms with van der Waals surface area (Å²) in [7, 11) is 0. The molecule has 2 aliphatic heterocycles.